The van der Waals surface area contributed by atoms with Crippen molar-refractivity contribution in [1.82, 2.24) is 0 Å². The van der Waals surface area contributed by atoms with Gasteiger partial charge in [0.05, 0.1) is 12.5 Å². The van der Waals surface area contributed by atoms with Crippen molar-refractivity contribution in [3.05, 3.63) is 0 Å². The third-order valence-corrected chi connectivity index (χ3v) is 3.11. The van der Waals surface area contributed by atoms with Gasteiger partial charge in [-0.3, -0.25) is 9.59 Å². The summed E-state index contributed by atoms with van der Waals surface area (Å²) in [5.41, 5.74) is -0.364. The Balaban J connectivity index is 2.72. The molecule has 0 saturated heterocycles. The van der Waals surface area contributed by atoms with E-state index in [9.17, 15) is 9.59 Å². The molecule has 0 aromatic carbocycles. The van der Waals surface area contributed by atoms with Gasteiger partial charge in [-0.1, -0.05) is 13.3 Å². The van der Waals surface area contributed by atoms with Gasteiger partial charge in [-0.2, -0.15) is 0 Å². The van der Waals surface area contributed by atoms with Crippen LogP contribution >= 0.6 is 0 Å². The Labute approximate surface area is 84.8 Å². The van der Waals surface area contributed by atoms with Gasteiger partial charge in [0.1, 0.15) is 5.78 Å². The topological polar surface area (TPSA) is 43.4 Å². The Hall–Kier alpha value is -0.860. The van der Waals surface area contributed by atoms with E-state index in [0.29, 0.717) is 25.7 Å². The fourth-order valence-electron chi connectivity index (χ4n) is 2.26. The van der Waals surface area contributed by atoms with E-state index in [2.05, 4.69) is 6.92 Å². The zero-order chi connectivity index (χ0) is 10.6. The number of hydrogen-bond donors (Lipinski definition) is 0. The van der Waals surface area contributed by atoms with E-state index >= 15 is 0 Å². The Morgan fingerprint density at radius 2 is 2.00 bits per heavy atom. The first-order valence-electron chi connectivity index (χ1n) is 5.25. The largest absolute Gasteiger partial charge is 0.469 e. The van der Waals surface area contributed by atoms with Crippen LogP contribution in [0.2, 0.25) is 0 Å². The summed E-state index contributed by atoms with van der Waals surface area (Å²) in [6.07, 6.45) is 4.22. The lowest BCUT2D eigenvalue weighted by molar-refractivity contribution is -0.156. The molecule has 0 radical (unpaired) electrons. The van der Waals surface area contributed by atoms with Gasteiger partial charge in [0.25, 0.3) is 0 Å². The van der Waals surface area contributed by atoms with Gasteiger partial charge >= 0.3 is 5.97 Å². The number of carbonyl (C=O) groups excluding carboxylic acids is 2. The van der Waals surface area contributed by atoms with E-state index in [-0.39, 0.29) is 17.2 Å². The molecule has 1 rings (SSSR count). The van der Waals surface area contributed by atoms with Gasteiger partial charge in [-0.25, -0.2) is 0 Å². The summed E-state index contributed by atoms with van der Waals surface area (Å²) in [4.78, 5) is 22.8. The monoisotopic (exact) mass is 198 g/mol. The zero-order valence-corrected chi connectivity index (χ0v) is 8.97. The second kappa shape index (κ2) is 4.58. The molecule has 80 valence electrons. The summed E-state index contributed by atoms with van der Waals surface area (Å²) in [5, 5.41) is 0. The number of hydrogen-bond acceptors (Lipinski definition) is 3. The molecule has 0 heterocycles. The first-order valence-corrected chi connectivity index (χ1v) is 5.25. The van der Waals surface area contributed by atoms with E-state index in [0.717, 1.165) is 12.8 Å². The molecule has 0 aromatic heterocycles. The van der Waals surface area contributed by atoms with E-state index in [1.807, 2.05) is 0 Å². The van der Waals surface area contributed by atoms with Gasteiger partial charge < -0.3 is 4.74 Å². The molecule has 3 nitrogen and oxygen atoms in total. The lowest BCUT2D eigenvalue weighted by Crippen LogP contribution is -2.36. The predicted octanol–water partition coefficient (Wildman–Crippen LogP) is 2.09. The minimum Gasteiger partial charge on any atom is -0.469 e. The average Bonchev–Trinajstić information content (AvgIpc) is 2.21. The summed E-state index contributed by atoms with van der Waals surface area (Å²) in [7, 11) is 1.43. The second-order valence-electron chi connectivity index (χ2n) is 4.06. The highest BCUT2D eigenvalue weighted by atomic mass is 16.5. The van der Waals surface area contributed by atoms with Crippen molar-refractivity contribution < 1.29 is 14.3 Å². The third-order valence-electron chi connectivity index (χ3n) is 3.11. The predicted molar refractivity (Wildman–Crippen MR) is 52.8 cm³/mol. The van der Waals surface area contributed by atoms with Crippen molar-refractivity contribution in [2.24, 2.45) is 5.41 Å². The molecule has 1 aliphatic rings. The van der Waals surface area contributed by atoms with Gasteiger partial charge in [-0.15, -0.1) is 0 Å². The molecular formula is C11H18O3. The van der Waals surface area contributed by atoms with E-state index in [4.69, 9.17) is 4.74 Å². The van der Waals surface area contributed by atoms with Gasteiger partial charge in [-0.05, 0) is 19.3 Å². The highest BCUT2D eigenvalue weighted by Crippen LogP contribution is 2.40. The van der Waals surface area contributed by atoms with Gasteiger partial charge in [0.2, 0.25) is 0 Å². The van der Waals surface area contributed by atoms with Crippen molar-refractivity contribution in [3.63, 3.8) is 0 Å². The quantitative estimate of drug-likeness (QED) is 0.652. The number of ether oxygens (including phenoxy) is 1. The normalized spacial score (nSPS) is 20.6. The minimum atomic E-state index is -0.364. The van der Waals surface area contributed by atoms with Gasteiger partial charge in [0.15, 0.2) is 0 Å². The fraction of sp³-hybridized carbons (Fsp3) is 0.818. The molecule has 1 fully saturated rings. The summed E-state index contributed by atoms with van der Waals surface area (Å²) in [6.45, 7) is 2.06. The second-order valence-corrected chi connectivity index (χ2v) is 4.06. The molecule has 0 atom stereocenters. The third kappa shape index (κ3) is 2.14. The SMILES string of the molecule is CCCC1(C(=O)OC)CCC(=O)CC1. The Kier molecular flexibility index (Phi) is 3.67. The number of methoxy groups -OCH3 is 1. The average molecular weight is 198 g/mol. The molecule has 0 aliphatic heterocycles. The first-order chi connectivity index (χ1) is 6.64. The molecule has 3 heteroatoms. The number of Topliss-reactive ketones (excluding diaryl/α,β-unsaturated/α-hetero) is 1. The van der Waals surface area contributed by atoms with Crippen LogP contribution in [0, 0.1) is 5.41 Å². The number of esters is 1. The maximum absolute atomic E-state index is 11.7. The maximum Gasteiger partial charge on any atom is 0.311 e. The van der Waals surface area contributed by atoms with Crippen molar-refractivity contribution >= 4 is 11.8 Å². The molecule has 0 amide bonds. The van der Waals surface area contributed by atoms with Crippen LogP contribution in [0.5, 0.6) is 0 Å². The van der Waals surface area contributed by atoms with Crippen LogP contribution in [0.3, 0.4) is 0 Å². The number of carbonyl (C=O) groups is 2. The van der Waals surface area contributed by atoms with Crippen molar-refractivity contribution in [1.29, 1.82) is 0 Å². The zero-order valence-electron chi connectivity index (χ0n) is 8.97. The molecule has 0 aromatic rings. The van der Waals surface area contributed by atoms with Crippen LogP contribution in [0.1, 0.15) is 45.4 Å². The highest BCUT2D eigenvalue weighted by Gasteiger charge is 2.41. The molecule has 1 aliphatic carbocycles. The molecule has 14 heavy (non-hydrogen) atoms. The molecule has 0 unspecified atom stereocenters. The van der Waals surface area contributed by atoms with E-state index < -0.39 is 0 Å². The standard InChI is InChI=1S/C11H18O3/c1-3-6-11(10(13)14-2)7-4-9(12)5-8-11/h3-8H2,1-2H3. The lowest BCUT2D eigenvalue weighted by Gasteiger charge is -2.33. The summed E-state index contributed by atoms with van der Waals surface area (Å²) >= 11 is 0. The lowest BCUT2D eigenvalue weighted by atomic mass is 9.71. The fourth-order valence-corrected chi connectivity index (χ4v) is 2.26. The van der Waals surface area contributed by atoms with Crippen molar-refractivity contribution in [2.75, 3.05) is 7.11 Å². The first kappa shape index (κ1) is 11.2. The van der Waals surface area contributed by atoms with Crippen LogP contribution in [0.25, 0.3) is 0 Å². The van der Waals surface area contributed by atoms with Crippen molar-refractivity contribution in [2.45, 2.75) is 45.4 Å². The molecule has 0 N–H and O–H groups in total. The molecule has 0 spiro atoms. The number of rotatable bonds is 3. The molecule has 1 saturated carbocycles. The summed E-state index contributed by atoms with van der Waals surface area (Å²) in [6, 6.07) is 0. The van der Waals surface area contributed by atoms with E-state index in [1.165, 1.54) is 7.11 Å². The highest BCUT2D eigenvalue weighted by molar-refractivity contribution is 5.84. The minimum absolute atomic E-state index is 0.133. The van der Waals surface area contributed by atoms with Crippen LogP contribution in [0.15, 0.2) is 0 Å². The Morgan fingerprint density at radius 1 is 1.43 bits per heavy atom. The van der Waals surface area contributed by atoms with Crippen LogP contribution in [-0.4, -0.2) is 18.9 Å². The van der Waals surface area contributed by atoms with E-state index in [1.54, 1.807) is 0 Å². The smallest absolute Gasteiger partial charge is 0.311 e. The Bertz CT molecular complexity index is 223. The molecule has 0 bridgehead atoms. The van der Waals surface area contributed by atoms with Crippen LogP contribution < -0.4 is 0 Å². The molecular weight excluding hydrogens is 180 g/mol. The summed E-state index contributed by atoms with van der Waals surface area (Å²) < 4.78 is 4.83. The maximum atomic E-state index is 11.7. The van der Waals surface area contributed by atoms with Crippen molar-refractivity contribution in [3.8, 4) is 0 Å². The summed E-state index contributed by atoms with van der Waals surface area (Å²) in [5.74, 6) is 0.146. The van der Waals surface area contributed by atoms with Crippen LogP contribution in [-0.2, 0) is 14.3 Å². The van der Waals surface area contributed by atoms with Crippen LogP contribution in [0.4, 0.5) is 0 Å². The Morgan fingerprint density at radius 3 is 2.43 bits per heavy atom. The number of ketones is 1. The van der Waals surface area contributed by atoms with Gasteiger partial charge in [0, 0.05) is 12.8 Å².